The number of fused-ring (bicyclic) bond motifs is 1. The van der Waals surface area contributed by atoms with E-state index in [1.54, 1.807) is 13.1 Å². The van der Waals surface area contributed by atoms with E-state index in [9.17, 15) is 28.2 Å². The van der Waals surface area contributed by atoms with Crippen LogP contribution >= 0.6 is 11.8 Å². The van der Waals surface area contributed by atoms with Crippen molar-refractivity contribution in [3.05, 3.63) is 17.7 Å². The summed E-state index contributed by atoms with van der Waals surface area (Å²) in [5, 5.41) is 10.5. The minimum Gasteiger partial charge on any atom is -0.446 e. The van der Waals surface area contributed by atoms with Crippen LogP contribution in [0.3, 0.4) is 0 Å². The Morgan fingerprint density at radius 3 is 2.63 bits per heavy atom. The molecule has 3 rings (SSSR count). The summed E-state index contributed by atoms with van der Waals surface area (Å²) in [7, 11) is -4.05. The summed E-state index contributed by atoms with van der Waals surface area (Å²) in [6, 6.07) is 1.05. The van der Waals surface area contributed by atoms with Gasteiger partial charge in [-0.3, -0.25) is 9.59 Å². The van der Waals surface area contributed by atoms with E-state index in [0.717, 1.165) is 17.8 Å². The SMILES string of the molecule is C[Si]1(C)OB(O)c2cc(F)c(SCCC(=O)ON3C(=O)CCC3=O)c(F)c21. The average Bonchev–Trinajstić information content (AvgIpc) is 3.00. The van der Waals surface area contributed by atoms with Crippen LogP contribution in [-0.4, -0.2) is 49.1 Å². The quantitative estimate of drug-likeness (QED) is 0.417. The third kappa shape index (κ3) is 3.79. The van der Waals surface area contributed by atoms with Crippen molar-refractivity contribution in [3.8, 4) is 0 Å². The number of thioether (sulfide) groups is 1. The predicted octanol–water partition coefficient (Wildman–Crippen LogP) is 0.184. The lowest BCUT2D eigenvalue weighted by Crippen LogP contribution is -2.46. The molecule has 1 aromatic rings. The predicted molar refractivity (Wildman–Crippen MR) is 94.7 cm³/mol. The standard InChI is InChI=1S/C15H16BF2NO6SSi/c1-27(2)15-8(16(23)25-27)7-9(17)14(13(15)18)26-6-5-12(22)24-19-10(20)3-4-11(19)21/h7,23H,3-6H2,1-2H3. The lowest BCUT2D eigenvalue weighted by molar-refractivity contribution is -0.197. The summed E-state index contributed by atoms with van der Waals surface area (Å²) < 4.78 is 34.5. The van der Waals surface area contributed by atoms with E-state index in [4.69, 9.17) is 9.18 Å². The molecule has 12 heteroatoms. The third-order valence-electron chi connectivity index (χ3n) is 4.23. The molecule has 2 heterocycles. The van der Waals surface area contributed by atoms with Crippen LogP contribution in [0.2, 0.25) is 13.1 Å². The molecule has 2 amide bonds. The molecule has 144 valence electrons. The molecule has 0 aromatic heterocycles. The number of amides is 2. The van der Waals surface area contributed by atoms with Gasteiger partial charge in [-0.25, -0.2) is 13.6 Å². The molecule has 0 radical (unpaired) electrons. The van der Waals surface area contributed by atoms with Crippen LogP contribution in [0.4, 0.5) is 8.78 Å². The molecule has 27 heavy (non-hydrogen) atoms. The van der Waals surface area contributed by atoms with Gasteiger partial charge in [0, 0.05) is 23.8 Å². The van der Waals surface area contributed by atoms with Gasteiger partial charge in [0.2, 0.25) is 8.32 Å². The smallest absolute Gasteiger partial charge is 0.446 e. The highest BCUT2D eigenvalue weighted by molar-refractivity contribution is 7.99. The highest BCUT2D eigenvalue weighted by Gasteiger charge is 2.46. The minimum atomic E-state index is -2.70. The van der Waals surface area contributed by atoms with Crippen LogP contribution in [0.25, 0.3) is 0 Å². The van der Waals surface area contributed by atoms with Gasteiger partial charge in [0.15, 0.2) is 0 Å². The number of benzene rings is 1. The number of hydrogen-bond acceptors (Lipinski definition) is 7. The molecule has 0 spiro atoms. The Kier molecular flexibility index (Phi) is 5.43. The van der Waals surface area contributed by atoms with Gasteiger partial charge >= 0.3 is 13.1 Å². The van der Waals surface area contributed by atoms with Crippen molar-refractivity contribution in [1.82, 2.24) is 5.06 Å². The normalized spacial score (nSPS) is 18.3. The zero-order valence-corrected chi connectivity index (χ0v) is 16.4. The fourth-order valence-corrected chi connectivity index (χ4v) is 6.34. The summed E-state index contributed by atoms with van der Waals surface area (Å²) in [5.74, 6) is -3.70. The maximum absolute atomic E-state index is 14.8. The molecule has 2 aliphatic heterocycles. The molecule has 0 unspecified atom stereocenters. The van der Waals surface area contributed by atoms with Crippen LogP contribution in [0.5, 0.6) is 0 Å². The molecule has 1 saturated heterocycles. The second-order valence-corrected chi connectivity index (χ2v) is 11.5. The van der Waals surface area contributed by atoms with Crippen molar-refractivity contribution in [1.29, 1.82) is 0 Å². The monoisotopic (exact) mass is 415 g/mol. The van der Waals surface area contributed by atoms with E-state index in [2.05, 4.69) is 0 Å². The maximum atomic E-state index is 14.8. The van der Waals surface area contributed by atoms with E-state index >= 15 is 0 Å². The number of carbonyl (C=O) groups is 3. The fraction of sp³-hybridized carbons (Fsp3) is 0.400. The van der Waals surface area contributed by atoms with Crippen LogP contribution in [0, 0.1) is 11.6 Å². The van der Waals surface area contributed by atoms with Crippen LogP contribution < -0.4 is 10.6 Å². The van der Waals surface area contributed by atoms with Gasteiger partial charge in [0.05, 0.1) is 11.3 Å². The molecule has 0 bridgehead atoms. The van der Waals surface area contributed by atoms with Gasteiger partial charge in [-0.2, -0.15) is 0 Å². The largest absolute Gasteiger partial charge is 0.480 e. The zero-order valence-electron chi connectivity index (χ0n) is 14.6. The van der Waals surface area contributed by atoms with Gasteiger partial charge in [0.1, 0.15) is 11.6 Å². The first-order chi connectivity index (χ1) is 12.6. The van der Waals surface area contributed by atoms with E-state index in [1.165, 1.54) is 0 Å². The Hall–Kier alpha value is -1.76. The molecule has 0 saturated carbocycles. The zero-order chi connectivity index (χ0) is 19.9. The van der Waals surface area contributed by atoms with Gasteiger partial charge in [-0.15, -0.1) is 16.8 Å². The first-order valence-electron chi connectivity index (χ1n) is 8.19. The number of carbonyl (C=O) groups excluding carboxylic acids is 3. The number of hydrogen-bond donors (Lipinski definition) is 1. The van der Waals surface area contributed by atoms with E-state index in [0.29, 0.717) is 5.06 Å². The lowest BCUT2D eigenvalue weighted by atomic mass is 9.80. The Morgan fingerprint density at radius 2 is 2.00 bits per heavy atom. The second-order valence-electron chi connectivity index (χ2n) is 6.59. The van der Waals surface area contributed by atoms with E-state index < -0.39 is 44.9 Å². The number of halogens is 2. The molecular formula is C15H16BF2NO6SSi. The molecule has 0 atom stereocenters. The molecule has 1 N–H and O–H groups in total. The topological polar surface area (TPSA) is 93.1 Å². The van der Waals surface area contributed by atoms with Crippen molar-refractivity contribution in [3.63, 3.8) is 0 Å². The van der Waals surface area contributed by atoms with Crippen molar-refractivity contribution >= 4 is 55.6 Å². The van der Waals surface area contributed by atoms with Crippen molar-refractivity contribution in [2.75, 3.05) is 5.75 Å². The number of hydroxylamine groups is 2. The van der Waals surface area contributed by atoms with Crippen molar-refractivity contribution in [2.24, 2.45) is 0 Å². The number of rotatable bonds is 5. The second kappa shape index (κ2) is 7.34. The maximum Gasteiger partial charge on any atom is 0.480 e. The molecular weight excluding hydrogens is 399 g/mol. The lowest BCUT2D eigenvalue weighted by Gasteiger charge is -2.18. The van der Waals surface area contributed by atoms with Crippen LogP contribution in [0.15, 0.2) is 11.0 Å². The Morgan fingerprint density at radius 1 is 1.37 bits per heavy atom. The summed E-state index contributed by atoms with van der Waals surface area (Å²) in [5.41, 5.74) is 0.0940. The van der Waals surface area contributed by atoms with E-state index in [1.807, 2.05) is 0 Å². The van der Waals surface area contributed by atoms with Crippen molar-refractivity contribution < 1.29 is 37.4 Å². The van der Waals surface area contributed by atoms with Crippen molar-refractivity contribution in [2.45, 2.75) is 37.3 Å². The molecule has 0 aliphatic carbocycles. The number of nitrogens with zero attached hydrogens (tertiary/aromatic N) is 1. The first kappa shape index (κ1) is 20.0. The van der Waals surface area contributed by atoms with Gasteiger partial charge in [-0.05, 0) is 24.6 Å². The van der Waals surface area contributed by atoms with Gasteiger partial charge in [0.25, 0.3) is 11.8 Å². The Bertz CT molecular complexity index is 823. The summed E-state index contributed by atoms with van der Waals surface area (Å²) in [6.07, 6.45) is -0.280. The highest BCUT2D eigenvalue weighted by Crippen LogP contribution is 2.28. The van der Waals surface area contributed by atoms with Crippen LogP contribution in [0.1, 0.15) is 19.3 Å². The van der Waals surface area contributed by atoms with E-state index in [-0.39, 0.29) is 40.6 Å². The highest BCUT2D eigenvalue weighted by atomic mass is 32.2. The summed E-state index contributed by atoms with van der Waals surface area (Å²) >= 11 is 0.775. The summed E-state index contributed by atoms with van der Waals surface area (Å²) in [4.78, 5) is 39.0. The Labute approximate surface area is 159 Å². The fourth-order valence-electron chi connectivity index (χ4n) is 3.00. The molecule has 2 aliphatic rings. The molecule has 1 aromatic carbocycles. The average molecular weight is 415 g/mol. The summed E-state index contributed by atoms with van der Waals surface area (Å²) in [6.45, 7) is 3.39. The third-order valence-corrected chi connectivity index (χ3v) is 7.83. The van der Waals surface area contributed by atoms with Crippen LogP contribution in [-0.2, 0) is 23.6 Å². The minimum absolute atomic E-state index is 0.0139. The number of imide groups is 1. The Balaban J connectivity index is 1.66. The molecule has 1 fully saturated rings. The van der Waals surface area contributed by atoms with Gasteiger partial charge in [-0.1, -0.05) is 0 Å². The molecule has 7 nitrogen and oxygen atoms in total. The van der Waals surface area contributed by atoms with Gasteiger partial charge < -0.3 is 14.2 Å². The first-order valence-corrected chi connectivity index (χ1v) is 12.1.